The molecule has 0 saturated carbocycles. The molecule has 4 heterocycles. The van der Waals surface area contributed by atoms with Crippen LogP contribution in [0.1, 0.15) is 40.1 Å². The van der Waals surface area contributed by atoms with Crippen molar-refractivity contribution >= 4 is 34.9 Å². The summed E-state index contributed by atoms with van der Waals surface area (Å²) in [4.78, 5) is 34.6. The largest absolute Gasteiger partial charge is 0.497 e. The van der Waals surface area contributed by atoms with E-state index in [9.17, 15) is 4.79 Å². The lowest BCUT2D eigenvalue weighted by Gasteiger charge is -2.17. The molecule has 0 radical (unpaired) electrons. The number of hydrogen-bond donors (Lipinski definition) is 3. The highest BCUT2D eigenvalue weighted by Gasteiger charge is 2.23. The molecule has 10 heteroatoms. The number of ether oxygens (including phenoxy) is 1. The highest BCUT2D eigenvalue weighted by atomic mass is 16.5. The average molecular weight is 569 g/mol. The van der Waals surface area contributed by atoms with Crippen molar-refractivity contribution in [3.63, 3.8) is 0 Å². The Kier molecular flexibility index (Phi) is 7.56. The molecule has 1 aliphatic heterocycles. The summed E-state index contributed by atoms with van der Waals surface area (Å²) in [5.41, 5.74) is 11.0. The number of aliphatic imine (C=N–C) groups is 1. The minimum absolute atomic E-state index is 0.202. The number of carbonyl (C=O) groups excluding carboxylic acids is 1. The smallest absolute Gasteiger partial charge is 0.255 e. The Labute approximate surface area is 248 Å². The maximum Gasteiger partial charge on any atom is 0.255 e. The number of allylic oxidation sites excluding steroid dienone is 3. The van der Waals surface area contributed by atoms with Gasteiger partial charge in [0.2, 0.25) is 0 Å². The van der Waals surface area contributed by atoms with Gasteiger partial charge in [-0.1, -0.05) is 36.4 Å². The van der Waals surface area contributed by atoms with Crippen molar-refractivity contribution in [1.82, 2.24) is 30.7 Å². The Morgan fingerprint density at radius 1 is 1.05 bits per heavy atom. The maximum atomic E-state index is 12.7. The van der Waals surface area contributed by atoms with Gasteiger partial charge in [0, 0.05) is 40.4 Å². The summed E-state index contributed by atoms with van der Waals surface area (Å²) in [6.45, 7) is 5.96. The van der Waals surface area contributed by atoms with Crippen LogP contribution in [0.2, 0.25) is 0 Å². The molecule has 6 rings (SSSR count). The number of hydrogen-bond acceptors (Lipinski definition) is 8. The molecule has 3 aromatic heterocycles. The second-order valence-corrected chi connectivity index (χ2v) is 9.79. The van der Waals surface area contributed by atoms with E-state index in [0.717, 1.165) is 28.1 Å². The van der Waals surface area contributed by atoms with Gasteiger partial charge >= 0.3 is 0 Å². The van der Waals surface area contributed by atoms with Gasteiger partial charge in [-0.05, 0) is 56.1 Å². The molecule has 2 aromatic carbocycles. The van der Waals surface area contributed by atoms with E-state index in [1.807, 2.05) is 73.7 Å². The number of methoxy groups -OCH3 is 1. The van der Waals surface area contributed by atoms with Gasteiger partial charge in [-0.15, -0.1) is 0 Å². The number of rotatable bonds is 8. The molecule has 10 nitrogen and oxygen atoms in total. The molecule has 0 saturated heterocycles. The van der Waals surface area contributed by atoms with Gasteiger partial charge in [0.1, 0.15) is 11.3 Å². The van der Waals surface area contributed by atoms with Gasteiger partial charge in [0.05, 0.1) is 36.3 Å². The number of amides is 1. The van der Waals surface area contributed by atoms with Crippen molar-refractivity contribution in [3.05, 3.63) is 125 Å². The van der Waals surface area contributed by atoms with Crippen LogP contribution in [0.25, 0.3) is 27.9 Å². The third-order valence-corrected chi connectivity index (χ3v) is 6.88. The van der Waals surface area contributed by atoms with E-state index < -0.39 is 0 Å². The van der Waals surface area contributed by atoms with Crippen LogP contribution in [0, 0.1) is 0 Å². The maximum absolute atomic E-state index is 12.7. The number of fused-ring (bicyclic) bond motifs is 2. The van der Waals surface area contributed by atoms with Crippen molar-refractivity contribution in [3.8, 4) is 17.0 Å². The van der Waals surface area contributed by atoms with Gasteiger partial charge < -0.3 is 20.5 Å². The molecule has 43 heavy (non-hydrogen) atoms. The molecule has 1 amide bonds. The van der Waals surface area contributed by atoms with E-state index in [-0.39, 0.29) is 5.91 Å². The van der Waals surface area contributed by atoms with Crippen molar-refractivity contribution in [2.45, 2.75) is 13.5 Å². The van der Waals surface area contributed by atoms with Crippen molar-refractivity contribution in [1.29, 1.82) is 0 Å². The standard InChI is InChI=1S/C33H28N8O2/c1-20(37-33(42)21-8-5-4-6-9-21)16-24(18-34-2)26-13-12-23-19-36-41-31(29(23)38-26)32-39-27-14-15-35-28(30(27)40-32)22-10-7-11-25(17-22)43-3/h4-18,36H,2,19H2,1,3H3,(H,37,42)(H,39,40)/b20-16+,24-18+. The van der Waals surface area contributed by atoms with Crippen LogP contribution >= 0.6 is 0 Å². The van der Waals surface area contributed by atoms with Crippen LogP contribution in [0.3, 0.4) is 0 Å². The molecule has 0 atom stereocenters. The minimum Gasteiger partial charge on any atom is -0.497 e. The number of benzene rings is 2. The topological polar surface area (TPSA) is 130 Å². The Morgan fingerprint density at radius 3 is 2.72 bits per heavy atom. The lowest BCUT2D eigenvalue weighted by atomic mass is 10.0. The summed E-state index contributed by atoms with van der Waals surface area (Å²) in [5, 5.41) is 7.51. The first-order valence-electron chi connectivity index (χ1n) is 13.6. The van der Waals surface area contributed by atoms with Gasteiger partial charge in [0.15, 0.2) is 11.5 Å². The molecule has 5 aromatic rings. The van der Waals surface area contributed by atoms with Crippen molar-refractivity contribution in [2.24, 2.45) is 10.1 Å². The Morgan fingerprint density at radius 2 is 1.91 bits per heavy atom. The number of aromatic amines is 1. The minimum atomic E-state index is -0.202. The van der Waals surface area contributed by atoms with Crippen LogP contribution < -0.4 is 15.5 Å². The SMILES string of the molecule is C=N/C=C(\C=C(/C)NC(=O)c1ccccc1)c1ccc2c(n1)C(c1nc3c(-c4cccc(OC)c4)nccc3[nH]1)=NNC2. The average Bonchev–Trinajstić information content (AvgIpc) is 3.49. The summed E-state index contributed by atoms with van der Waals surface area (Å²) in [6, 6.07) is 22.5. The molecule has 0 spiro atoms. The molecule has 1 aliphatic rings. The summed E-state index contributed by atoms with van der Waals surface area (Å²) in [6.07, 6.45) is 5.17. The predicted molar refractivity (Wildman–Crippen MR) is 168 cm³/mol. The zero-order valence-electron chi connectivity index (χ0n) is 23.6. The number of pyridine rings is 2. The highest BCUT2D eigenvalue weighted by molar-refractivity contribution is 6.12. The fourth-order valence-electron chi connectivity index (χ4n) is 4.83. The fourth-order valence-corrected chi connectivity index (χ4v) is 4.83. The van der Waals surface area contributed by atoms with E-state index in [4.69, 9.17) is 14.7 Å². The zero-order valence-corrected chi connectivity index (χ0v) is 23.6. The van der Waals surface area contributed by atoms with Crippen LogP contribution in [-0.2, 0) is 6.54 Å². The number of hydrazone groups is 1. The summed E-state index contributed by atoms with van der Waals surface area (Å²) >= 11 is 0. The number of nitrogens with zero attached hydrogens (tertiary/aromatic N) is 5. The van der Waals surface area contributed by atoms with Gasteiger partial charge in [-0.25, -0.2) is 9.97 Å². The Hall–Kier alpha value is -5.90. The van der Waals surface area contributed by atoms with Gasteiger partial charge in [-0.2, -0.15) is 5.10 Å². The molecule has 212 valence electrons. The highest BCUT2D eigenvalue weighted by Crippen LogP contribution is 2.29. The van der Waals surface area contributed by atoms with Crippen molar-refractivity contribution in [2.75, 3.05) is 7.11 Å². The number of imidazole rings is 1. The summed E-state index contributed by atoms with van der Waals surface area (Å²) < 4.78 is 5.41. The molecular formula is C33H28N8O2. The zero-order chi connectivity index (χ0) is 29.8. The molecule has 3 N–H and O–H groups in total. The van der Waals surface area contributed by atoms with E-state index in [2.05, 4.69) is 37.5 Å². The molecule has 0 bridgehead atoms. The Balaban J connectivity index is 1.35. The van der Waals surface area contributed by atoms with Crippen LogP contribution in [0.5, 0.6) is 5.75 Å². The predicted octanol–water partition coefficient (Wildman–Crippen LogP) is 5.26. The fraction of sp³-hybridized carbons (Fsp3) is 0.0909. The Bertz CT molecular complexity index is 1940. The monoisotopic (exact) mass is 568 g/mol. The third kappa shape index (κ3) is 5.66. The molecule has 0 aliphatic carbocycles. The molecule has 0 fully saturated rings. The summed E-state index contributed by atoms with van der Waals surface area (Å²) in [7, 11) is 1.64. The molecule has 0 unspecified atom stereocenters. The normalized spacial score (nSPS) is 13.1. The lowest BCUT2D eigenvalue weighted by Crippen LogP contribution is -2.24. The van der Waals surface area contributed by atoms with Gasteiger partial charge in [-0.3, -0.25) is 14.8 Å². The number of aromatic nitrogens is 4. The molecular weight excluding hydrogens is 540 g/mol. The quantitative estimate of drug-likeness (QED) is 0.173. The number of H-pyrrole nitrogens is 1. The summed E-state index contributed by atoms with van der Waals surface area (Å²) in [5.74, 6) is 1.09. The third-order valence-electron chi connectivity index (χ3n) is 6.88. The van der Waals surface area contributed by atoms with E-state index in [0.29, 0.717) is 51.8 Å². The first kappa shape index (κ1) is 27.3. The second kappa shape index (κ2) is 11.9. The lowest BCUT2D eigenvalue weighted by molar-refractivity contribution is 0.0966. The van der Waals surface area contributed by atoms with Crippen molar-refractivity contribution < 1.29 is 9.53 Å². The first-order chi connectivity index (χ1) is 21.0. The van der Waals surface area contributed by atoms with E-state index in [1.165, 1.54) is 0 Å². The van der Waals surface area contributed by atoms with E-state index >= 15 is 0 Å². The van der Waals surface area contributed by atoms with Crippen LogP contribution in [0.15, 0.2) is 107 Å². The number of nitrogens with one attached hydrogen (secondary N) is 3. The van der Waals surface area contributed by atoms with Crippen LogP contribution in [-0.4, -0.2) is 45.4 Å². The first-order valence-corrected chi connectivity index (χ1v) is 13.6. The van der Waals surface area contributed by atoms with Crippen LogP contribution in [0.4, 0.5) is 0 Å². The van der Waals surface area contributed by atoms with Gasteiger partial charge in [0.25, 0.3) is 5.91 Å². The number of carbonyl (C=O) groups is 1. The van der Waals surface area contributed by atoms with E-state index in [1.54, 1.807) is 31.6 Å². The second-order valence-electron chi connectivity index (χ2n) is 9.79.